The van der Waals surface area contributed by atoms with Crippen molar-refractivity contribution in [1.29, 1.82) is 0 Å². The molecule has 1 aromatic heterocycles. The molecule has 1 aliphatic carbocycles. The summed E-state index contributed by atoms with van der Waals surface area (Å²) in [5, 5.41) is 15.3. The van der Waals surface area contributed by atoms with Crippen LogP contribution in [0.4, 0.5) is 0 Å². The first kappa shape index (κ1) is 14.1. The Hall–Kier alpha value is -0.340. The van der Waals surface area contributed by atoms with Crippen LogP contribution in [0.3, 0.4) is 0 Å². The van der Waals surface area contributed by atoms with Gasteiger partial charge in [-0.2, -0.15) is 11.3 Å². The van der Waals surface area contributed by atoms with Gasteiger partial charge in [0, 0.05) is 0 Å². The first-order chi connectivity index (χ1) is 8.20. The van der Waals surface area contributed by atoms with Crippen LogP contribution < -0.4 is 0 Å². The smallest absolute Gasteiger partial charge is 0.0661 e. The van der Waals surface area contributed by atoms with Gasteiger partial charge in [-0.3, -0.25) is 0 Å². The third-order valence-corrected chi connectivity index (χ3v) is 4.76. The quantitative estimate of drug-likeness (QED) is 0.844. The van der Waals surface area contributed by atoms with E-state index in [1.165, 1.54) is 12.0 Å². The molecule has 0 radical (unpaired) electrons. The summed E-state index contributed by atoms with van der Waals surface area (Å²) in [6, 6.07) is 2.17. The minimum absolute atomic E-state index is 0.255. The van der Waals surface area contributed by atoms with Crippen LogP contribution in [0.2, 0.25) is 0 Å². The highest BCUT2D eigenvalue weighted by atomic mass is 32.1. The minimum Gasteiger partial charge on any atom is -0.390 e. The van der Waals surface area contributed by atoms with Gasteiger partial charge >= 0.3 is 0 Å². The van der Waals surface area contributed by atoms with E-state index in [-0.39, 0.29) is 10.8 Å². The van der Waals surface area contributed by atoms with Crippen molar-refractivity contribution in [3.63, 3.8) is 0 Å². The van der Waals surface area contributed by atoms with E-state index in [1.54, 1.807) is 11.3 Å². The number of rotatable bonds is 3. The Morgan fingerprint density at radius 2 is 1.72 bits per heavy atom. The second-order valence-electron chi connectivity index (χ2n) is 7.71. The Morgan fingerprint density at radius 1 is 1.11 bits per heavy atom. The summed E-state index contributed by atoms with van der Waals surface area (Å²) < 4.78 is 0. The second-order valence-corrected chi connectivity index (χ2v) is 8.49. The van der Waals surface area contributed by atoms with E-state index in [2.05, 4.69) is 44.5 Å². The normalized spacial score (nSPS) is 24.9. The summed E-state index contributed by atoms with van der Waals surface area (Å²) in [5.74, 6) is 0. The van der Waals surface area contributed by atoms with Gasteiger partial charge in [0.15, 0.2) is 0 Å². The molecule has 0 aromatic carbocycles. The molecule has 1 aromatic rings. The van der Waals surface area contributed by atoms with E-state index in [0.717, 1.165) is 25.7 Å². The maximum absolute atomic E-state index is 10.9. The molecule has 0 saturated heterocycles. The molecule has 1 N–H and O–H groups in total. The van der Waals surface area contributed by atoms with Crippen LogP contribution in [0.15, 0.2) is 16.8 Å². The largest absolute Gasteiger partial charge is 0.390 e. The fourth-order valence-corrected chi connectivity index (χ4v) is 4.96. The van der Waals surface area contributed by atoms with Crippen LogP contribution >= 0.6 is 11.3 Å². The van der Waals surface area contributed by atoms with Gasteiger partial charge in [0.1, 0.15) is 0 Å². The molecule has 0 bridgehead atoms. The third kappa shape index (κ3) is 3.58. The fourth-order valence-electron chi connectivity index (χ4n) is 4.25. The molecule has 2 heteroatoms. The van der Waals surface area contributed by atoms with Crippen molar-refractivity contribution in [1.82, 2.24) is 0 Å². The van der Waals surface area contributed by atoms with E-state index < -0.39 is 5.60 Å². The Labute approximate surface area is 115 Å². The summed E-state index contributed by atoms with van der Waals surface area (Å²) in [7, 11) is 0. The number of hydrogen-bond donors (Lipinski definition) is 1. The van der Waals surface area contributed by atoms with Crippen molar-refractivity contribution in [3.05, 3.63) is 22.4 Å². The van der Waals surface area contributed by atoms with Gasteiger partial charge in [0.2, 0.25) is 0 Å². The molecule has 1 fully saturated rings. The molecule has 0 unspecified atom stereocenters. The average molecular weight is 266 g/mol. The zero-order valence-corrected chi connectivity index (χ0v) is 12.9. The SMILES string of the molecule is CC1(C)CC(C)(C)CC(O)(CCc2ccsc2)C1. The Bertz CT molecular complexity index is 373. The van der Waals surface area contributed by atoms with Crippen molar-refractivity contribution in [2.75, 3.05) is 0 Å². The summed E-state index contributed by atoms with van der Waals surface area (Å²) in [4.78, 5) is 0. The number of aryl methyl sites for hydroxylation is 1. The monoisotopic (exact) mass is 266 g/mol. The van der Waals surface area contributed by atoms with Crippen molar-refractivity contribution in [2.45, 2.75) is 65.4 Å². The lowest BCUT2D eigenvalue weighted by molar-refractivity contribution is -0.0901. The van der Waals surface area contributed by atoms with Gasteiger partial charge in [0.05, 0.1) is 5.60 Å². The average Bonchev–Trinajstić information content (AvgIpc) is 2.60. The predicted molar refractivity (Wildman–Crippen MR) is 79.0 cm³/mol. The molecule has 1 saturated carbocycles. The van der Waals surface area contributed by atoms with Gasteiger partial charge in [-0.15, -0.1) is 0 Å². The summed E-state index contributed by atoms with van der Waals surface area (Å²) in [6.07, 6.45) is 4.99. The second kappa shape index (κ2) is 4.64. The number of thiophene rings is 1. The topological polar surface area (TPSA) is 20.2 Å². The van der Waals surface area contributed by atoms with Gasteiger partial charge in [-0.1, -0.05) is 27.7 Å². The third-order valence-electron chi connectivity index (χ3n) is 4.03. The molecular formula is C16H26OS. The van der Waals surface area contributed by atoms with Crippen LogP contribution in [0, 0.1) is 10.8 Å². The maximum Gasteiger partial charge on any atom is 0.0661 e. The van der Waals surface area contributed by atoms with E-state index in [4.69, 9.17) is 0 Å². The van der Waals surface area contributed by atoms with Crippen LogP contribution in [0.5, 0.6) is 0 Å². The lowest BCUT2D eigenvalue weighted by atomic mass is 9.59. The molecule has 0 atom stereocenters. The van der Waals surface area contributed by atoms with Crippen molar-refractivity contribution in [3.8, 4) is 0 Å². The van der Waals surface area contributed by atoms with Gasteiger partial charge < -0.3 is 5.11 Å². The standard InChI is InChI=1S/C16H26OS/c1-14(2)10-15(3,4)12-16(17,11-14)7-5-13-6-8-18-9-13/h6,8-9,17H,5,7,10-12H2,1-4H3. The number of hydrogen-bond acceptors (Lipinski definition) is 2. The molecule has 2 rings (SSSR count). The lowest BCUT2D eigenvalue weighted by Crippen LogP contribution is -2.46. The van der Waals surface area contributed by atoms with E-state index >= 15 is 0 Å². The molecule has 0 amide bonds. The number of aliphatic hydroxyl groups is 1. The highest BCUT2D eigenvalue weighted by Gasteiger charge is 2.45. The summed E-state index contributed by atoms with van der Waals surface area (Å²) in [5.41, 5.74) is 1.40. The lowest BCUT2D eigenvalue weighted by Gasteiger charge is -2.49. The molecular weight excluding hydrogens is 240 g/mol. The molecule has 102 valence electrons. The van der Waals surface area contributed by atoms with Crippen LogP contribution in [0.25, 0.3) is 0 Å². The highest BCUT2D eigenvalue weighted by Crippen LogP contribution is 2.51. The van der Waals surface area contributed by atoms with Gasteiger partial charge in [-0.05, 0) is 65.3 Å². The molecule has 18 heavy (non-hydrogen) atoms. The Morgan fingerprint density at radius 3 is 2.22 bits per heavy atom. The zero-order valence-electron chi connectivity index (χ0n) is 12.1. The summed E-state index contributed by atoms with van der Waals surface area (Å²) in [6.45, 7) is 9.18. The predicted octanol–water partition coefficient (Wildman–Crippen LogP) is 4.65. The molecule has 0 spiro atoms. The van der Waals surface area contributed by atoms with Crippen LogP contribution in [-0.2, 0) is 6.42 Å². The Kier molecular flexibility index (Phi) is 3.63. The van der Waals surface area contributed by atoms with Crippen LogP contribution in [0.1, 0.15) is 58.9 Å². The van der Waals surface area contributed by atoms with E-state index in [1.807, 2.05) is 0 Å². The van der Waals surface area contributed by atoms with Crippen LogP contribution in [-0.4, -0.2) is 10.7 Å². The van der Waals surface area contributed by atoms with E-state index in [0.29, 0.717) is 0 Å². The van der Waals surface area contributed by atoms with E-state index in [9.17, 15) is 5.11 Å². The summed E-state index contributed by atoms with van der Waals surface area (Å²) >= 11 is 1.74. The Balaban J connectivity index is 2.05. The van der Waals surface area contributed by atoms with Crippen molar-refractivity contribution < 1.29 is 5.11 Å². The fraction of sp³-hybridized carbons (Fsp3) is 0.750. The maximum atomic E-state index is 10.9. The molecule has 0 aliphatic heterocycles. The molecule has 1 nitrogen and oxygen atoms in total. The first-order valence-corrected chi connectivity index (χ1v) is 7.88. The zero-order chi connectivity index (χ0) is 13.4. The first-order valence-electron chi connectivity index (χ1n) is 6.93. The minimum atomic E-state index is -0.479. The molecule has 1 heterocycles. The van der Waals surface area contributed by atoms with Gasteiger partial charge in [0.25, 0.3) is 0 Å². The molecule has 1 aliphatic rings. The van der Waals surface area contributed by atoms with Gasteiger partial charge in [-0.25, -0.2) is 0 Å². The van der Waals surface area contributed by atoms with Crippen molar-refractivity contribution >= 4 is 11.3 Å². The highest BCUT2D eigenvalue weighted by molar-refractivity contribution is 7.07. The van der Waals surface area contributed by atoms with Crippen molar-refractivity contribution in [2.24, 2.45) is 10.8 Å².